The monoisotopic (exact) mass is 549 g/mol. The normalized spacial score (nSPS) is 16.0. The van der Waals surface area contributed by atoms with Gasteiger partial charge < -0.3 is 19.5 Å². The number of aliphatic carboxylic acids is 1. The molecule has 1 N–H and O–H groups in total. The fourth-order valence-electron chi connectivity index (χ4n) is 4.95. The number of nitrogens with zero attached hydrogens (tertiary/aromatic N) is 3. The molecule has 1 aliphatic rings. The van der Waals surface area contributed by atoms with Gasteiger partial charge in [0.25, 0.3) is 0 Å². The molecule has 1 fully saturated rings. The number of aromatic nitrogens is 2. The van der Waals surface area contributed by atoms with E-state index >= 15 is 0 Å². The first kappa shape index (κ1) is 29.5. The van der Waals surface area contributed by atoms with Gasteiger partial charge in [0.15, 0.2) is 6.10 Å². The molecule has 1 aromatic carbocycles. The number of piperidine rings is 1. The third-order valence-corrected chi connectivity index (χ3v) is 7.28. The Morgan fingerprint density at radius 3 is 2.33 bits per heavy atom. The maximum Gasteiger partial charge on any atom is 0.337 e. The molecule has 214 valence electrons. The molecule has 0 aliphatic carbocycles. The Labute approximate surface area is 236 Å². The third-order valence-electron chi connectivity index (χ3n) is 7.28. The number of rotatable bonds is 9. The molecule has 8 heteroatoms. The fraction of sp³-hybridized carbons (Fsp3) is 0.469. The van der Waals surface area contributed by atoms with E-state index in [9.17, 15) is 14.3 Å². The van der Waals surface area contributed by atoms with Crippen LogP contribution in [0.2, 0.25) is 0 Å². The Kier molecular flexibility index (Phi) is 8.78. The first-order valence-electron chi connectivity index (χ1n) is 13.8. The molecule has 0 radical (unpaired) electrons. The van der Waals surface area contributed by atoms with Gasteiger partial charge in [-0.15, -0.1) is 0 Å². The van der Waals surface area contributed by atoms with Crippen molar-refractivity contribution in [2.45, 2.75) is 72.5 Å². The van der Waals surface area contributed by atoms with Crippen LogP contribution in [0.1, 0.15) is 70.4 Å². The molecule has 3 aromatic rings. The minimum atomic E-state index is -1.17. The summed E-state index contributed by atoms with van der Waals surface area (Å²) in [5, 5.41) is 10.3. The number of halogens is 1. The van der Waals surface area contributed by atoms with Gasteiger partial charge in [0, 0.05) is 60.4 Å². The van der Waals surface area contributed by atoms with Crippen LogP contribution < -0.4 is 9.64 Å². The van der Waals surface area contributed by atoms with Gasteiger partial charge in [-0.1, -0.05) is 26.0 Å². The second-order valence-corrected chi connectivity index (χ2v) is 12.2. The van der Waals surface area contributed by atoms with Gasteiger partial charge in [-0.25, -0.2) is 14.2 Å². The summed E-state index contributed by atoms with van der Waals surface area (Å²) in [7, 11) is 0. The fourth-order valence-corrected chi connectivity index (χ4v) is 4.95. The van der Waals surface area contributed by atoms with Crippen molar-refractivity contribution in [1.29, 1.82) is 0 Å². The van der Waals surface area contributed by atoms with Gasteiger partial charge in [0.05, 0.1) is 17.9 Å². The van der Waals surface area contributed by atoms with Gasteiger partial charge in [-0.05, 0) is 69.7 Å². The summed E-state index contributed by atoms with van der Waals surface area (Å²) in [6.45, 7) is 14.0. The van der Waals surface area contributed by atoms with E-state index in [-0.39, 0.29) is 11.2 Å². The number of pyridine rings is 2. The maximum atomic E-state index is 13.2. The molecule has 40 heavy (non-hydrogen) atoms. The Hall–Kier alpha value is -3.52. The zero-order valence-electron chi connectivity index (χ0n) is 24.3. The number of anilines is 1. The zero-order chi connectivity index (χ0) is 29.1. The molecule has 1 aliphatic heterocycles. The minimum absolute atomic E-state index is 0.224. The number of carbonyl (C=O) groups is 1. The lowest BCUT2D eigenvalue weighted by Gasteiger charge is -2.40. The molecule has 0 amide bonds. The van der Waals surface area contributed by atoms with Crippen LogP contribution in [-0.4, -0.2) is 46.3 Å². The van der Waals surface area contributed by atoms with Gasteiger partial charge >= 0.3 is 5.97 Å². The SMILES string of the molecule is Cc1ncc(-c2ccc(OCCc3ccc(F)cc3)nc2)c(N2CCC(C)(C)CC2)c1C(OC(C)(C)C)C(=O)O. The predicted octanol–water partition coefficient (Wildman–Crippen LogP) is 6.78. The molecule has 7 nitrogen and oxygen atoms in total. The van der Waals surface area contributed by atoms with Gasteiger partial charge in [-0.3, -0.25) is 4.98 Å². The van der Waals surface area contributed by atoms with Gasteiger partial charge in [0.1, 0.15) is 5.82 Å². The van der Waals surface area contributed by atoms with Crippen LogP contribution in [0, 0.1) is 18.2 Å². The molecule has 1 saturated heterocycles. The molecule has 1 atom stereocenters. The van der Waals surface area contributed by atoms with E-state index in [1.54, 1.807) is 24.5 Å². The second kappa shape index (κ2) is 11.9. The summed E-state index contributed by atoms with van der Waals surface area (Å²) in [6.07, 6.45) is 4.99. The van der Waals surface area contributed by atoms with E-state index in [0.717, 1.165) is 48.3 Å². The standard InChI is InChI=1S/C32H40FN3O4/c1-21-27(29(30(37)38)40-31(2,3)4)28(36-16-14-32(5,6)15-17-36)25(20-34-21)23-9-12-26(35-19-23)39-18-13-22-7-10-24(33)11-8-22/h7-12,19-20,29H,13-18H2,1-6H3,(H,37,38). The molecular weight excluding hydrogens is 509 g/mol. The van der Waals surface area contributed by atoms with Crippen molar-refractivity contribution in [3.8, 4) is 17.0 Å². The molecule has 3 heterocycles. The highest BCUT2D eigenvalue weighted by atomic mass is 19.1. The van der Waals surface area contributed by atoms with Crippen molar-refractivity contribution < 1.29 is 23.8 Å². The summed E-state index contributed by atoms with van der Waals surface area (Å²) >= 11 is 0. The van der Waals surface area contributed by atoms with E-state index in [1.807, 2.05) is 39.8 Å². The summed E-state index contributed by atoms with van der Waals surface area (Å²) in [5.74, 6) is -0.826. The van der Waals surface area contributed by atoms with Crippen LogP contribution in [0.25, 0.3) is 11.1 Å². The van der Waals surface area contributed by atoms with Crippen LogP contribution in [0.4, 0.5) is 10.1 Å². The molecule has 1 unspecified atom stereocenters. The third kappa shape index (κ3) is 7.36. The van der Waals surface area contributed by atoms with Crippen molar-refractivity contribution in [1.82, 2.24) is 9.97 Å². The van der Waals surface area contributed by atoms with Gasteiger partial charge in [0.2, 0.25) is 5.88 Å². The molecule has 2 aromatic heterocycles. The molecule has 0 saturated carbocycles. The molecule has 0 spiro atoms. The lowest BCUT2D eigenvalue weighted by atomic mass is 9.82. The average Bonchev–Trinajstić information content (AvgIpc) is 2.88. The number of ether oxygens (including phenoxy) is 2. The highest BCUT2D eigenvalue weighted by Gasteiger charge is 2.35. The molecule has 4 rings (SSSR count). The second-order valence-electron chi connectivity index (χ2n) is 12.2. The number of hydrogen-bond acceptors (Lipinski definition) is 6. The highest BCUT2D eigenvalue weighted by molar-refractivity contribution is 5.86. The number of carboxylic acid groups (broad SMARTS) is 1. The van der Waals surface area contributed by atoms with E-state index in [1.165, 1.54) is 12.1 Å². The summed E-state index contributed by atoms with van der Waals surface area (Å²) in [5.41, 5.74) is 4.23. The van der Waals surface area contributed by atoms with Crippen LogP contribution in [-0.2, 0) is 16.0 Å². The van der Waals surface area contributed by atoms with E-state index < -0.39 is 17.7 Å². The number of hydrogen-bond donors (Lipinski definition) is 1. The first-order chi connectivity index (χ1) is 18.8. The van der Waals surface area contributed by atoms with Crippen molar-refractivity contribution in [3.05, 3.63) is 71.4 Å². The first-order valence-corrected chi connectivity index (χ1v) is 13.8. The topological polar surface area (TPSA) is 84.8 Å². The summed E-state index contributed by atoms with van der Waals surface area (Å²) < 4.78 is 25.1. The lowest BCUT2D eigenvalue weighted by Crippen LogP contribution is -2.39. The Bertz CT molecular complexity index is 1310. The summed E-state index contributed by atoms with van der Waals surface area (Å²) in [6, 6.07) is 10.1. The Balaban J connectivity index is 1.67. The van der Waals surface area contributed by atoms with E-state index in [2.05, 4.69) is 28.7 Å². The lowest BCUT2D eigenvalue weighted by molar-refractivity contribution is -0.160. The van der Waals surface area contributed by atoms with Gasteiger partial charge in [-0.2, -0.15) is 0 Å². The number of benzene rings is 1. The minimum Gasteiger partial charge on any atom is -0.479 e. The van der Waals surface area contributed by atoms with Crippen molar-refractivity contribution in [2.75, 3.05) is 24.6 Å². The zero-order valence-corrected chi connectivity index (χ0v) is 24.3. The largest absolute Gasteiger partial charge is 0.479 e. The van der Waals surface area contributed by atoms with Crippen LogP contribution in [0.15, 0.2) is 48.8 Å². The van der Waals surface area contributed by atoms with Crippen LogP contribution in [0.5, 0.6) is 5.88 Å². The summed E-state index contributed by atoms with van der Waals surface area (Å²) in [4.78, 5) is 24.0. The van der Waals surface area contributed by atoms with Crippen LogP contribution in [0.3, 0.4) is 0 Å². The number of aryl methyl sites for hydroxylation is 1. The van der Waals surface area contributed by atoms with Crippen LogP contribution >= 0.6 is 0 Å². The van der Waals surface area contributed by atoms with E-state index in [4.69, 9.17) is 9.47 Å². The van der Waals surface area contributed by atoms with Crippen molar-refractivity contribution >= 4 is 11.7 Å². The smallest absolute Gasteiger partial charge is 0.337 e. The highest BCUT2D eigenvalue weighted by Crippen LogP contribution is 2.43. The Morgan fingerprint density at radius 1 is 1.07 bits per heavy atom. The average molecular weight is 550 g/mol. The maximum absolute atomic E-state index is 13.2. The van der Waals surface area contributed by atoms with Crippen molar-refractivity contribution in [2.24, 2.45) is 5.41 Å². The number of carboxylic acids is 1. The molecule has 0 bridgehead atoms. The van der Waals surface area contributed by atoms with E-state index in [0.29, 0.717) is 30.2 Å². The predicted molar refractivity (Wildman–Crippen MR) is 154 cm³/mol. The van der Waals surface area contributed by atoms with Crippen molar-refractivity contribution in [3.63, 3.8) is 0 Å². The quantitative estimate of drug-likeness (QED) is 0.315. The molecular formula is C32H40FN3O4. The Morgan fingerprint density at radius 2 is 1.75 bits per heavy atom.